The Morgan fingerprint density at radius 3 is 2.62 bits per heavy atom. The van der Waals surface area contributed by atoms with Gasteiger partial charge in [-0.3, -0.25) is 14.5 Å². The zero-order chi connectivity index (χ0) is 11.3. The molecule has 0 N–H and O–H groups in total. The van der Waals surface area contributed by atoms with Crippen molar-refractivity contribution in [3.63, 3.8) is 0 Å². The maximum absolute atomic E-state index is 11.7. The first-order chi connectivity index (χ1) is 7.65. The molecule has 3 nitrogen and oxygen atoms in total. The third-order valence-electron chi connectivity index (χ3n) is 4.05. The van der Waals surface area contributed by atoms with Crippen LogP contribution in [0.5, 0.6) is 0 Å². The monoisotopic (exact) mass is 217 g/mol. The molecule has 2 bridgehead atoms. The number of imide groups is 1. The van der Waals surface area contributed by atoms with Crippen LogP contribution in [-0.4, -0.2) is 23.3 Å². The van der Waals surface area contributed by atoms with E-state index in [4.69, 9.17) is 0 Å². The molecular weight excluding hydrogens is 202 g/mol. The number of nitrogens with zero attached hydrogens (tertiary/aromatic N) is 1. The van der Waals surface area contributed by atoms with E-state index >= 15 is 0 Å². The summed E-state index contributed by atoms with van der Waals surface area (Å²) < 4.78 is 0. The number of hydrogen-bond acceptors (Lipinski definition) is 2. The number of carbonyl (C=O) groups is 2. The van der Waals surface area contributed by atoms with Crippen molar-refractivity contribution >= 4 is 11.8 Å². The molecule has 0 aromatic heterocycles. The Balaban J connectivity index is 1.71. The number of rotatable bonds is 2. The van der Waals surface area contributed by atoms with E-state index in [0.29, 0.717) is 29.9 Å². The lowest BCUT2D eigenvalue weighted by Crippen LogP contribution is -2.35. The predicted molar refractivity (Wildman–Crippen MR) is 59.3 cm³/mol. The van der Waals surface area contributed by atoms with Gasteiger partial charge in [-0.1, -0.05) is 18.7 Å². The van der Waals surface area contributed by atoms with Gasteiger partial charge in [-0.25, -0.2) is 0 Å². The van der Waals surface area contributed by atoms with Crippen molar-refractivity contribution in [2.45, 2.75) is 19.3 Å². The van der Waals surface area contributed by atoms with Gasteiger partial charge >= 0.3 is 0 Å². The van der Waals surface area contributed by atoms with Crippen molar-refractivity contribution in [2.24, 2.45) is 17.8 Å². The topological polar surface area (TPSA) is 37.4 Å². The van der Waals surface area contributed by atoms with E-state index in [1.165, 1.54) is 11.3 Å². The molecule has 0 aromatic carbocycles. The first-order valence-electron chi connectivity index (χ1n) is 5.86. The molecule has 0 radical (unpaired) electrons. The lowest BCUT2D eigenvalue weighted by atomic mass is 9.93. The molecule has 1 aliphatic heterocycles. The lowest BCUT2D eigenvalue weighted by molar-refractivity contribution is -0.138. The van der Waals surface area contributed by atoms with Gasteiger partial charge in [-0.2, -0.15) is 0 Å². The summed E-state index contributed by atoms with van der Waals surface area (Å²) in [5.41, 5.74) is 0.448. The summed E-state index contributed by atoms with van der Waals surface area (Å²) in [6.07, 6.45) is 7.08. The van der Waals surface area contributed by atoms with E-state index in [0.717, 1.165) is 6.42 Å². The van der Waals surface area contributed by atoms with Gasteiger partial charge in [0.05, 0.1) is 6.42 Å². The summed E-state index contributed by atoms with van der Waals surface area (Å²) in [6.45, 7) is 4.23. The molecule has 3 rings (SSSR count). The van der Waals surface area contributed by atoms with Crippen LogP contribution >= 0.6 is 0 Å². The van der Waals surface area contributed by atoms with Gasteiger partial charge in [0.25, 0.3) is 5.91 Å². The Kier molecular flexibility index (Phi) is 2.03. The predicted octanol–water partition coefficient (Wildman–Crippen LogP) is 1.51. The molecule has 1 saturated carbocycles. The zero-order valence-electron chi connectivity index (χ0n) is 9.19. The normalized spacial score (nSPS) is 36.9. The summed E-state index contributed by atoms with van der Waals surface area (Å²) in [4.78, 5) is 24.7. The highest BCUT2D eigenvalue weighted by Gasteiger charge is 2.40. The average molecular weight is 217 g/mol. The van der Waals surface area contributed by atoms with E-state index in [2.05, 4.69) is 18.7 Å². The minimum atomic E-state index is -0.156. The van der Waals surface area contributed by atoms with Crippen molar-refractivity contribution in [1.82, 2.24) is 4.90 Å². The summed E-state index contributed by atoms with van der Waals surface area (Å²) in [5.74, 6) is 1.53. The molecule has 1 heterocycles. The molecule has 3 aliphatic rings. The van der Waals surface area contributed by atoms with Crippen molar-refractivity contribution in [3.05, 3.63) is 24.3 Å². The highest BCUT2D eigenvalue weighted by molar-refractivity contribution is 6.12. The molecule has 0 spiro atoms. The highest BCUT2D eigenvalue weighted by Crippen LogP contribution is 2.44. The van der Waals surface area contributed by atoms with Gasteiger partial charge in [0.1, 0.15) is 0 Å². The number of allylic oxidation sites excluding steroid dienone is 2. The molecule has 3 unspecified atom stereocenters. The Bertz CT molecular complexity index is 410. The van der Waals surface area contributed by atoms with Crippen LogP contribution in [0.2, 0.25) is 0 Å². The maximum Gasteiger partial charge on any atom is 0.256 e. The van der Waals surface area contributed by atoms with Crippen molar-refractivity contribution in [1.29, 1.82) is 0 Å². The molecule has 2 aliphatic carbocycles. The van der Waals surface area contributed by atoms with Crippen molar-refractivity contribution in [3.8, 4) is 0 Å². The molecule has 1 saturated heterocycles. The second-order valence-corrected chi connectivity index (χ2v) is 5.13. The van der Waals surface area contributed by atoms with Crippen LogP contribution in [-0.2, 0) is 9.59 Å². The Hall–Kier alpha value is -1.38. The number of hydrogen-bond donors (Lipinski definition) is 0. The van der Waals surface area contributed by atoms with Crippen molar-refractivity contribution in [2.75, 3.05) is 6.54 Å². The first kappa shape index (κ1) is 9.82. The molecule has 84 valence electrons. The molecule has 3 atom stereocenters. The van der Waals surface area contributed by atoms with Crippen LogP contribution < -0.4 is 0 Å². The third-order valence-corrected chi connectivity index (χ3v) is 4.05. The molecular formula is C13H15NO2. The minimum absolute atomic E-state index is 0.0678. The second kappa shape index (κ2) is 3.30. The van der Waals surface area contributed by atoms with Crippen LogP contribution in [0, 0.1) is 17.8 Å². The molecule has 2 amide bonds. The third kappa shape index (κ3) is 1.34. The molecule has 16 heavy (non-hydrogen) atoms. The lowest BCUT2D eigenvalue weighted by Gasteiger charge is -2.23. The Morgan fingerprint density at radius 1 is 1.31 bits per heavy atom. The van der Waals surface area contributed by atoms with Crippen LogP contribution in [0.4, 0.5) is 0 Å². The van der Waals surface area contributed by atoms with Crippen LogP contribution in [0.3, 0.4) is 0 Å². The zero-order valence-corrected chi connectivity index (χ0v) is 9.19. The Morgan fingerprint density at radius 2 is 2.12 bits per heavy atom. The highest BCUT2D eigenvalue weighted by atomic mass is 16.2. The van der Waals surface area contributed by atoms with Gasteiger partial charge in [-0.15, -0.1) is 0 Å². The summed E-state index contributed by atoms with van der Waals surface area (Å²) in [5, 5.41) is 0. The smallest absolute Gasteiger partial charge is 0.256 e. The number of amides is 2. The number of carbonyl (C=O) groups excluding carboxylic acids is 2. The summed E-state index contributed by atoms with van der Waals surface area (Å²) >= 11 is 0. The van der Waals surface area contributed by atoms with Gasteiger partial charge in [-0.05, 0) is 30.6 Å². The Labute approximate surface area is 94.8 Å². The van der Waals surface area contributed by atoms with Gasteiger partial charge in [0, 0.05) is 12.1 Å². The molecule has 0 aromatic rings. The fraction of sp³-hybridized carbons (Fsp3) is 0.538. The summed E-state index contributed by atoms with van der Waals surface area (Å²) in [7, 11) is 0. The van der Waals surface area contributed by atoms with Crippen LogP contribution in [0.25, 0.3) is 0 Å². The van der Waals surface area contributed by atoms with Crippen LogP contribution in [0.15, 0.2) is 24.3 Å². The van der Waals surface area contributed by atoms with Gasteiger partial charge in [0.2, 0.25) is 5.91 Å². The molecule has 3 heteroatoms. The van der Waals surface area contributed by atoms with E-state index in [1.807, 2.05) is 0 Å². The standard InChI is InChI=1S/C13H15NO2/c1-8-4-12(15)14(13(8)16)7-11-6-9-2-3-10(11)5-9/h2-3,9-11H,1,4-7H2. The summed E-state index contributed by atoms with van der Waals surface area (Å²) in [6, 6.07) is 0. The SMILES string of the molecule is C=C1CC(=O)N(CC2CC3C=CC2C3)C1=O. The fourth-order valence-corrected chi connectivity index (χ4v) is 3.18. The maximum atomic E-state index is 11.7. The average Bonchev–Trinajstić information content (AvgIpc) is 2.90. The van der Waals surface area contributed by atoms with Crippen molar-refractivity contribution < 1.29 is 9.59 Å². The van der Waals surface area contributed by atoms with Gasteiger partial charge < -0.3 is 0 Å². The van der Waals surface area contributed by atoms with Gasteiger partial charge in [0.15, 0.2) is 0 Å². The van der Waals surface area contributed by atoms with Crippen LogP contribution in [0.1, 0.15) is 19.3 Å². The number of fused-ring (bicyclic) bond motifs is 2. The first-order valence-corrected chi connectivity index (χ1v) is 5.86. The minimum Gasteiger partial charge on any atom is -0.278 e. The van der Waals surface area contributed by atoms with E-state index in [-0.39, 0.29) is 18.2 Å². The largest absolute Gasteiger partial charge is 0.278 e. The van der Waals surface area contributed by atoms with E-state index < -0.39 is 0 Å². The number of likely N-dealkylation sites (tertiary alicyclic amines) is 1. The quantitative estimate of drug-likeness (QED) is 0.399. The van der Waals surface area contributed by atoms with E-state index in [1.54, 1.807) is 0 Å². The fourth-order valence-electron chi connectivity index (χ4n) is 3.18. The second-order valence-electron chi connectivity index (χ2n) is 5.13. The van der Waals surface area contributed by atoms with E-state index in [9.17, 15) is 9.59 Å². The molecule has 2 fully saturated rings.